The third kappa shape index (κ3) is 4.95. The summed E-state index contributed by atoms with van der Waals surface area (Å²) in [5.41, 5.74) is 2.06. The Labute approximate surface area is 174 Å². The lowest BCUT2D eigenvalue weighted by molar-refractivity contribution is -0.117. The van der Waals surface area contributed by atoms with E-state index in [-0.39, 0.29) is 18.0 Å². The molecule has 1 amide bonds. The first kappa shape index (κ1) is 19.5. The van der Waals surface area contributed by atoms with E-state index in [1.807, 2.05) is 66.4 Å². The molecule has 0 unspecified atom stereocenters. The highest BCUT2D eigenvalue weighted by Crippen LogP contribution is 2.37. The molecule has 1 N–H and O–H groups in total. The van der Waals surface area contributed by atoms with Gasteiger partial charge in [-0.05, 0) is 31.0 Å². The second-order valence-electron chi connectivity index (χ2n) is 7.15. The van der Waals surface area contributed by atoms with Crippen molar-refractivity contribution in [3.63, 3.8) is 0 Å². The average Bonchev–Trinajstić information content (AvgIpc) is 3.25. The number of rotatable bonds is 6. The summed E-state index contributed by atoms with van der Waals surface area (Å²) in [5.74, 6) is -0.260. The van der Waals surface area contributed by atoms with Crippen LogP contribution in [-0.4, -0.2) is 20.9 Å². The quantitative estimate of drug-likeness (QED) is 0.652. The Morgan fingerprint density at radius 3 is 2.52 bits per heavy atom. The summed E-state index contributed by atoms with van der Waals surface area (Å²) in [6, 6.07) is 20.6. The zero-order chi connectivity index (χ0) is 20.1. The number of hydrogen-bond acceptors (Lipinski definition) is 4. The minimum absolute atomic E-state index is 0.123. The van der Waals surface area contributed by atoms with Gasteiger partial charge in [0.25, 0.3) is 5.56 Å². The zero-order valence-corrected chi connectivity index (χ0v) is 16.9. The number of aromatic nitrogens is 2. The fraction of sp³-hybridized carbons (Fsp3) is 0.261. The highest BCUT2D eigenvalue weighted by atomic mass is 32.2. The Morgan fingerprint density at radius 2 is 1.72 bits per heavy atom. The lowest BCUT2D eigenvalue weighted by atomic mass is 10.1. The number of para-hydroxylation sites is 1. The first-order valence-corrected chi connectivity index (χ1v) is 10.8. The zero-order valence-electron chi connectivity index (χ0n) is 16.1. The van der Waals surface area contributed by atoms with Crippen LogP contribution in [0.2, 0.25) is 0 Å². The molecule has 0 atom stereocenters. The standard InChI is InChI=1S/C23H23N3O2S/c27-22(24-20-12-6-7-13-21(20)29-18-10-4-5-11-18)16-26-23(28)15-14-19(25-26)17-8-2-1-3-9-17/h1-3,6-9,12-15,18H,4-5,10-11,16H2,(H,24,27). The van der Waals surface area contributed by atoms with Crippen molar-refractivity contribution in [3.05, 3.63) is 77.1 Å². The molecule has 0 saturated heterocycles. The number of anilines is 1. The van der Waals surface area contributed by atoms with Gasteiger partial charge in [0.1, 0.15) is 6.54 Å². The van der Waals surface area contributed by atoms with Crippen molar-refractivity contribution in [2.24, 2.45) is 0 Å². The minimum atomic E-state index is -0.298. The number of benzene rings is 2. The number of carbonyl (C=O) groups excluding carboxylic acids is 1. The highest BCUT2D eigenvalue weighted by molar-refractivity contribution is 8.00. The molecule has 0 radical (unpaired) electrons. The van der Waals surface area contributed by atoms with Gasteiger partial charge in [-0.25, -0.2) is 4.68 Å². The molecule has 0 spiro atoms. The lowest BCUT2D eigenvalue weighted by Gasteiger charge is -2.14. The average molecular weight is 406 g/mol. The molecule has 6 heteroatoms. The molecule has 4 rings (SSSR count). The van der Waals surface area contributed by atoms with E-state index in [4.69, 9.17) is 0 Å². The van der Waals surface area contributed by atoms with Gasteiger partial charge in [-0.2, -0.15) is 5.10 Å². The van der Waals surface area contributed by atoms with Crippen LogP contribution >= 0.6 is 11.8 Å². The van der Waals surface area contributed by atoms with Crippen LogP contribution in [0.15, 0.2) is 76.4 Å². The summed E-state index contributed by atoms with van der Waals surface area (Å²) in [7, 11) is 0. The van der Waals surface area contributed by atoms with Crippen LogP contribution in [0.5, 0.6) is 0 Å². The fourth-order valence-corrected chi connectivity index (χ4v) is 4.84. The molecular formula is C23H23N3O2S. The number of nitrogens with one attached hydrogen (secondary N) is 1. The van der Waals surface area contributed by atoms with Gasteiger partial charge in [-0.1, -0.05) is 55.3 Å². The molecule has 2 aromatic carbocycles. The first-order valence-electron chi connectivity index (χ1n) is 9.88. The Balaban J connectivity index is 1.48. The predicted molar refractivity (Wildman–Crippen MR) is 117 cm³/mol. The molecule has 0 bridgehead atoms. The van der Waals surface area contributed by atoms with Crippen LogP contribution in [0.4, 0.5) is 5.69 Å². The molecule has 5 nitrogen and oxygen atoms in total. The van der Waals surface area contributed by atoms with Gasteiger partial charge in [-0.3, -0.25) is 9.59 Å². The molecule has 148 valence electrons. The maximum atomic E-state index is 12.7. The summed E-state index contributed by atoms with van der Waals surface area (Å²) in [4.78, 5) is 25.9. The van der Waals surface area contributed by atoms with E-state index in [1.165, 1.54) is 36.4 Å². The van der Waals surface area contributed by atoms with Crippen molar-refractivity contribution in [2.75, 3.05) is 5.32 Å². The summed E-state index contributed by atoms with van der Waals surface area (Å²) < 4.78 is 1.21. The first-order chi connectivity index (χ1) is 14.2. The smallest absolute Gasteiger partial charge is 0.267 e. The number of hydrogen-bond donors (Lipinski definition) is 1. The molecule has 1 heterocycles. The largest absolute Gasteiger partial charge is 0.323 e. The van der Waals surface area contributed by atoms with Gasteiger partial charge in [0.2, 0.25) is 5.91 Å². The van der Waals surface area contributed by atoms with Crippen LogP contribution in [-0.2, 0) is 11.3 Å². The topological polar surface area (TPSA) is 64.0 Å². The molecule has 1 aromatic heterocycles. The van der Waals surface area contributed by atoms with Gasteiger partial charge in [0, 0.05) is 21.8 Å². The van der Waals surface area contributed by atoms with E-state index < -0.39 is 0 Å². The number of nitrogens with zero attached hydrogens (tertiary/aromatic N) is 2. The van der Waals surface area contributed by atoms with E-state index in [1.54, 1.807) is 6.07 Å². The van der Waals surface area contributed by atoms with Gasteiger partial charge >= 0.3 is 0 Å². The van der Waals surface area contributed by atoms with E-state index in [0.717, 1.165) is 16.1 Å². The molecule has 1 aliphatic carbocycles. The van der Waals surface area contributed by atoms with E-state index in [0.29, 0.717) is 10.9 Å². The molecule has 1 saturated carbocycles. The highest BCUT2D eigenvalue weighted by Gasteiger charge is 2.18. The summed E-state index contributed by atoms with van der Waals surface area (Å²) in [6.45, 7) is -0.123. The van der Waals surface area contributed by atoms with E-state index in [2.05, 4.69) is 10.4 Å². The monoisotopic (exact) mass is 405 g/mol. The molecule has 1 aliphatic rings. The fourth-order valence-electron chi connectivity index (χ4n) is 3.51. The van der Waals surface area contributed by atoms with Crippen LogP contribution in [0.1, 0.15) is 25.7 Å². The van der Waals surface area contributed by atoms with E-state index >= 15 is 0 Å². The molecule has 29 heavy (non-hydrogen) atoms. The van der Waals surface area contributed by atoms with Gasteiger partial charge in [0.15, 0.2) is 0 Å². The maximum Gasteiger partial charge on any atom is 0.267 e. The molecule has 1 fully saturated rings. The van der Waals surface area contributed by atoms with E-state index in [9.17, 15) is 9.59 Å². The van der Waals surface area contributed by atoms with Crippen LogP contribution < -0.4 is 10.9 Å². The second kappa shape index (κ2) is 9.09. The van der Waals surface area contributed by atoms with Gasteiger partial charge < -0.3 is 5.32 Å². The van der Waals surface area contributed by atoms with Crippen molar-refractivity contribution in [3.8, 4) is 11.3 Å². The number of carbonyl (C=O) groups is 1. The molecular weight excluding hydrogens is 382 g/mol. The Hall–Kier alpha value is -2.86. The molecule has 3 aromatic rings. The Bertz CT molecular complexity index is 1040. The van der Waals surface area contributed by atoms with Gasteiger partial charge in [0.05, 0.1) is 11.4 Å². The van der Waals surface area contributed by atoms with Crippen molar-refractivity contribution in [1.82, 2.24) is 9.78 Å². The maximum absolute atomic E-state index is 12.7. The van der Waals surface area contributed by atoms with Crippen molar-refractivity contribution < 1.29 is 4.79 Å². The SMILES string of the molecule is O=C(Cn1nc(-c2ccccc2)ccc1=O)Nc1ccccc1SC1CCCC1. The lowest BCUT2D eigenvalue weighted by Crippen LogP contribution is -2.29. The minimum Gasteiger partial charge on any atom is -0.323 e. The number of thioether (sulfide) groups is 1. The van der Waals surface area contributed by atoms with Crippen molar-refractivity contribution in [1.29, 1.82) is 0 Å². The Kier molecular flexibility index (Phi) is 6.10. The van der Waals surface area contributed by atoms with Crippen molar-refractivity contribution in [2.45, 2.75) is 42.4 Å². The summed E-state index contributed by atoms with van der Waals surface area (Å²) >= 11 is 1.83. The summed E-state index contributed by atoms with van der Waals surface area (Å²) in [6.07, 6.45) is 4.99. The Morgan fingerprint density at radius 1 is 1.00 bits per heavy atom. The number of amides is 1. The normalized spacial score (nSPS) is 14.1. The predicted octanol–water partition coefficient (Wildman–Crippen LogP) is 4.58. The third-order valence-corrected chi connectivity index (χ3v) is 6.40. The summed E-state index contributed by atoms with van der Waals surface area (Å²) in [5, 5.41) is 7.94. The third-order valence-electron chi connectivity index (χ3n) is 4.99. The van der Waals surface area contributed by atoms with Crippen LogP contribution in [0, 0.1) is 0 Å². The van der Waals surface area contributed by atoms with Crippen molar-refractivity contribution >= 4 is 23.4 Å². The van der Waals surface area contributed by atoms with Crippen LogP contribution in [0.25, 0.3) is 11.3 Å². The molecule has 0 aliphatic heterocycles. The van der Waals surface area contributed by atoms with Crippen LogP contribution in [0.3, 0.4) is 0 Å². The second-order valence-corrected chi connectivity index (χ2v) is 8.49. The van der Waals surface area contributed by atoms with Gasteiger partial charge in [-0.15, -0.1) is 11.8 Å².